The number of amides is 3. The van der Waals surface area contributed by atoms with E-state index in [2.05, 4.69) is 26.6 Å². The Morgan fingerprint density at radius 1 is 0.879 bits per heavy atom. The van der Waals surface area contributed by atoms with Gasteiger partial charge in [-0.1, -0.05) is 39.7 Å². The number of hydrogen-bond acceptors (Lipinski definition) is 4. The standard InChI is InChI=1S/C25H19BrClN3O3/c1-14-3-4-15(2)20(13-14)30-24(32)21(27)22(25(30)33)28-18-9-5-16(6-10-18)23(31)29-19-11-7-17(26)8-12-19/h3-13,28H,1-2H3,(H,29,31). The third-order valence-corrected chi connectivity index (χ3v) is 6.03. The molecule has 0 saturated carbocycles. The molecule has 166 valence electrons. The van der Waals surface area contributed by atoms with Crippen molar-refractivity contribution >= 4 is 62.3 Å². The molecule has 1 aliphatic heterocycles. The Bertz CT molecular complexity index is 1300. The zero-order valence-corrected chi connectivity index (χ0v) is 20.1. The highest BCUT2D eigenvalue weighted by Crippen LogP contribution is 2.32. The number of anilines is 3. The molecule has 6 nitrogen and oxygen atoms in total. The van der Waals surface area contributed by atoms with Crippen LogP contribution < -0.4 is 15.5 Å². The van der Waals surface area contributed by atoms with Crippen LogP contribution in [0.1, 0.15) is 21.5 Å². The van der Waals surface area contributed by atoms with Crippen LogP contribution >= 0.6 is 27.5 Å². The minimum atomic E-state index is -0.580. The summed E-state index contributed by atoms with van der Waals surface area (Å²) in [5, 5.41) is 5.56. The molecule has 0 bridgehead atoms. The predicted molar refractivity (Wildman–Crippen MR) is 133 cm³/mol. The lowest BCUT2D eigenvalue weighted by Gasteiger charge is -2.18. The molecular weight excluding hydrogens is 506 g/mol. The summed E-state index contributed by atoms with van der Waals surface area (Å²) < 4.78 is 0.917. The van der Waals surface area contributed by atoms with E-state index in [1.807, 2.05) is 38.1 Å². The smallest absolute Gasteiger partial charge is 0.283 e. The van der Waals surface area contributed by atoms with Crippen LogP contribution in [0.5, 0.6) is 0 Å². The Labute approximate surface area is 204 Å². The number of nitrogens with zero attached hydrogens (tertiary/aromatic N) is 1. The van der Waals surface area contributed by atoms with Crippen molar-refractivity contribution in [2.45, 2.75) is 13.8 Å². The topological polar surface area (TPSA) is 78.5 Å². The molecule has 0 atom stereocenters. The van der Waals surface area contributed by atoms with Gasteiger partial charge in [-0.2, -0.15) is 0 Å². The summed E-state index contributed by atoms with van der Waals surface area (Å²) in [6.45, 7) is 3.71. The number of nitrogens with one attached hydrogen (secondary N) is 2. The van der Waals surface area contributed by atoms with E-state index in [0.717, 1.165) is 20.5 Å². The Balaban J connectivity index is 1.50. The summed E-state index contributed by atoms with van der Waals surface area (Å²) in [5.74, 6) is -1.38. The largest absolute Gasteiger partial charge is 0.350 e. The average molecular weight is 525 g/mol. The number of hydrogen-bond donors (Lipinski definition) is 2. The van der Waals surface area contributed by atoms with Gasteiger partial charge in [0, 0.05) is 21.4 Å². The second-order valence-electron chi connectivity index (χ2n) is 7.59. The van der Waals surface area contributed by atoms with Crippen molar-refractivity contribution in [3.05, 3.63) is 98.6 Å². The van der Waals surface area contributed by atoms with Crippen molar-refractivity contribution in [1.82, 2.24) is 0 Å². The van der Waals surface area contributed by atoms with E-state index in [9.17, 15) is 14.4 Å². The van der Waals surface area contributed by atoms with Crippen molar-refractivity contribution in [2.75, 3.05) is 15.5 Å². The van der Waals surface area contributed by atoms with Crippen LogP contribution in [-0.4, -0.2) is 17.7 Å². The van der Waals surface area contributed by atoms with Crippen LogP contribution in [0.3, 0.4) is 0 Å². The van der Waals surface area contributed by atoms with Gasteiger partial charge in [-0.25, -0.2) is 4.90 Å². The van der Waals surface area contributed by atoms with Gasteiger partial charge in [0.15, 0.2) is 0 Å². The van der Waals surface area contributed by atoms with Gasteiger partial charge >= 0.3 is 0 Å². The summed E-state index contributed by atoms with van der Waals surface area (Å²) in [5.41, 5.74) is 3.83. The number of carbonyl (C=O) groups excluding carboxylic acids is 3. The minimum absolute atomic E-state index is 0.00497. The third kappa shape index (κ3) is 4.69. The first-order chi connectivity index (χ1) is 15.7. The van der Waals surface area contributed by atoms with Gasteiger partial charge in [0.05, 0.1) is 5.69 Å². The van der Waals surface area contributed by atoms with Gasteiger partial charge in [0.25, 0.3) is 17.7 Å². The Morgan fingerprint density at radius 2 is 1.52 bits per heavy atom. The Morgan fingerprint density at radius 3 is 2.18 bits per heavy atom. The SMILES string of the molecule is Cc1ccc(C)c(N2C(=O)C(Cl)=C(Nc3ccc(C(=O)Nc4ccc(Br)cc4)cc3)C2=O)c1. The normalized spacial score (nSPS) is 13.5. The van der Waals surface area contributed by atoms with Crippen molar-refractivity contribution in [3.8, 4) is 0 Å². The molecule has 1 heterocycles. The fourth-order valence-electron chi connectivity index (χ4n) is 3.38. The van der Waals surface area contributed by atoms with Gasteiger partial charge in [-0.3, -0.25) is 14.4 Å². The van der Waals surface area contributed by atoms with Crippen molar-refractivity contribution in [1.29, 1.82) is 0 Å². The summed E-state index contributed by atoms with van der Waals surface area (Å²) in [4.78, 5) is 39.3. The highest BCUT2D eigenvalue weighted by Gasteiger charge is 2.39. The molecule has 3 amide bonds. The van der Waals surface area contributed by atoms with E-state index in [1.54, 1.807) is 42.5 Å². The highest BCUT2D eigenvalue weighted by molar-refractivity contribution is 9.10. The molecule has 3 aromatic carbocycles. The monoisotopic (exact) mass is 523 g/mol. The molecule has 33 heavy (non-hydrogen) atoms. The van der Waals surface area contributed by atoms with Crippen LogP contribution in [0.25, 0.3) is 0 Å². The fraction of sp³-hybridized carbons (Fsp3) is 0.0800. The van der Waals surface area contributed by atoms with Gasteiger partial charge in [0.1, 0.15) is 10.7 Å². The number of halogens is 2. The zero-order valence-electron chi connectivity index (χ0n) is 17.8. The van der Waals surface area contributed by atoms with Crippen LogP contribution in [0.4, 0.5) is 17.1 Å². The molecular formula is C25H19BrClN3O3. The molecule has 8 heteroatoms. The number of rotatable bonds is 5. The lowest BCUT2D eigenvalue weighted by atomic mass is 10.1. The van der Waals surface area contributed by atoms with E-state index < -0.39 is 11.8 Å². The summed E-state index contributed by atoms with van der Waals surface area (Å²) >= 11 is 9.59. The summed E-state index contributed by atoms with van der Waals surface area (Å²) in [7, 11) is 0. The third-order valence-electron chi connectivity index (χ3n) is 5.15. The van der Waals surface area contributed by atoms with Crippen molar-refractivity contribution in [3.63, 3.8) is 0 Å². The lowest BCUT2D eigenvalue weighted by Crippen LogP contribution is -2.32. The van der Waals surface area contributed by atoms with Crippen LogP contribution in [0.2, 0.25) is 0 Å². The number of benzene rings is 3. The number of carbonyl (C=O) groups is 3. The Kier molecular flexibility index (Phi) is 6.35. The van der Waals surface area contributed by atoms with Crippen LogP contribution in [-0.2, 0) is 9.59 Å². The molecule has 0 saturated heterocycles. The van der Waals surface area contributed by atoms with Gasteiger partial charge < -0.3 is 10.6 Å². The average Bonchev–Trinajstić information content (AvgIpc) is 3.00. The second-order valence-corrected chi connectivity index (χ2v) is 8.88. The molecule has 0 aliphatic carbocycles. The lowest BCUT2D eigenvalue weighted by molar-refractivity contribution is -0.120. The Hall–Kier alpha value is -3.42. The highest BCUT2D eigenvalue weighted by atomic mass is 79.9. The van der Waals surface area contributed by atoms with Gasteiger partial charge in [0.2, 0.25) is 0 Å². The minimum Gasteiger partial charge on any atom is -0.350 e. The first-order valence-corrected chi connectivity index (χ1v) is 11.2. The molecule has 0 aromatic heterocycles. The van der Waals surface area contributed by atoms with E-state index >= 15 is 0 Å². The van der Waals surface area contributed by atoms with E-state index in [1.165, 1.54) is 0 Å². The van der Waals surface area contributed by atoms with Crippen LogP contribution in [0.15, 0.2) is 81.9 Å². The zero-order chi connectivity index (χ0) is 23.7. The quantitative estimate of drug-likeness (QED) is 0.416. The van der Waals surface area contributed by atoms with Crippen LogP contribution in [0, 0.1) is 13.8 Å². The molecule has 4 rings (SSSR count). The molecule has 0 radical (unpaired) electrons. The maximum atomic E-state index is 13.0. The number of imide groups is 1. The van der Waals surface area contributed by atoms with Gasteiger partial charge in [-0.15, -0.1) is 0 Å². The van der Waals surface area contributed by atoms with Crippen molar-refractivity contribution < 1.29 is 14.4 Å². The van der Waals surface area contributed by atoms with Crippen molar-refractivity contribution in [2.24, 2.45) is 0 Å². The second kappa shape index (κ2) is 9.21. The predicted octanol–water partition coefficient (Wildman–Crippen LogP) is 5.75. The van der Waals surface area contributed by atoms with E-state index in [4.69, 9.17) is 11.6 Å². The molecule has 0 fully saturated rings. The molecule has 2 N–H and O–H groups in total. The van der Waals surface area contributed by atoms with E-state index in [-0.39, 0.29) is 16.6 Å². The first-order valence-electron chi connectivity index (χ1n) is 10.0. The summed E-state index contributed by atoms with van der Waals surface area (Å²) in [6.07, 6.45) is 0. The maximum absolute atomic E-state index is 13.0. The molecule has 0 spiro atoms. The maximum Gasteiger partial charge on any atom is 0.283 e. The van der Waals surface area contributed by atoms with Gasteiger partial charge in [-0.05, 0) is 79.6 Å². The molecule has 1 aliphatic rings. The summed E-state index contributed by atoms with van der Waals surface area (Å²) in [6, 6.07) is 19.3. The first kappa shape index (κ1) is 22.8. The molecule has 3 aromatic rings. The number of aryl methyl sites for hydroxylation is 2. The fourth-order valence-corrected chi connectivity index (χ4v) is 3.85. The van der Waals surface area contributed by atoms with E-state index in [0.29, 0.717) is 22.6 Å². The molecule has 0 unspecified atom stereocenters.